The normalized spacial score (nSPS) is 13.4. The Morgan fingerprint density at radius 3 is 2.95 bits per heavy atom. The first-order chi connectivity index (χ1) is 9.15. The van der Waals surface area contributed by atoms with Crippen molar-refractivity contribution in [2.45, 2.75) is 32.6 Å². The maximum Gasteiger partial charge on any atom is 0.185 e. The van der Waals surface area contributed by atoms with Gasteiger partial charge in [-0.3, -0.25) is 9.59 Å². The van der Waals surface area contributed by atoms with Crippen LogP contribution in [-0.2, 0) is 22.4 Å². The van der Waals surface area contributed by atoms with Gasteiger partial charge >= 0.3 is 0 Å². The minimum absolute atomic E-state index is 0.139. The molecule has 19 heavy (non-hydrogen) atoms. The molecule has 0 saturated carbocycles. The molecule has 1 aliphatic carbocycles. The lowest BCUT2D eigenvalue weighted by Crippen LogP contribution is -2.13. The minimum atomic E-state index is 0.139. The molecule has 0 aromatic heterocycles. The predicted molar refractivity (Wildman–Crippen MR) is 78.1 cm³/mol. The van der Waals surface area contributed by atoms with Crippen LogP contribution in [0.4, 0.5) is 0 Å². The van der Waals surface area contributed by atoms with Crippen molar-refractivity contribution < 1.29 is 9.59 Å². The van der Waals surface area contributed by atoms with Crippen LogP contribution in [-0.4, -0.2) is 16.7 Å². The molecular weight excluding hydrogens is 256 g/mol. The van der Waals surface area contributed by atoms with Crippen molar-refractivity contribution in [3.05, 3.63) is 34.9 Å². The summed E-state index contributed by atoms with van der Waals surface area (Å²) in [5, 5.41) is 0.139. The van der Waals surface area contributed by atoms with Gasteiger partial charge in [0.15, 0.2) is 5.12 Å². The van der Waals surface area contributed by atoms with Crippen LogP contribution >= 0.6 is 11.8 Å². The number of benzene rings is 1. The van der Waals surface area contributed by atoms with Crippen molar-refractivity contribution in [2.24, 2.45) is 0 Å². The molecule has 98 valence electrons. The number of aryl methyl sites for hydroxylation is 1. The van der Waals surface area contributed by atoms with Crippen molar-refractivity contribution in [1.82, 2.24) is 0 Å². The lowest BCUT2D eigenvalue weighted by molar-refractivity contribution is -0.118. The topological polar surface area (TPSA) is 34.1 Å². The first-order valence-electron chi connectivity index (χ1n) is 6.41. The number of fused-ring (bicyclic) bond motifs is 1. The number of Topliss-reactive ketones (excluding diaryl/α,β-unsaturated/α-hetero) is 1. The van der Waals surface area contributed by atoms with Crippen LogP contribution in [0.5, 0.6) is 0 Å². The van der Waals surface area contributed by atoms with Gasteiger partial charge in [0.25, 0.3) is 0 Å². The van der Waals surface area contributed by atoms with Crippen molar-refractivity contribution in [1.29, 1.82) is 0 Å². The Kier molecular flexibility index (Phi) is 4.81. The fourth-order valence-electron chi connectivity index (χ4n) is 2.09. The molecule has 1 aromatic rings. The van der Waals surface area contributed by atoms with Crippen molar-refractivity contribution in [3.8, 4) is 11.8 Å². The first-order valence-corrected chi connectivity index (χ1v) is 7.39. The van der Waals surface area contributed by atoms with Crippen LogP contribution in [0.2, 0.25) is 0 Å². The fraction of sp³-hybridized carbons (Fsp3) is 0.375. The molecule has 0 radical (unpaired) electrons. The van der Waals surface area contributed by atoms with E-state index in [-0.39, 0.29) is 5.12 Å². The van der Waals surface area contributed by atoms with Crippen LogP contribution in [0.1, 0.15) is 36.5 Å². The first kappa shape index (κ1) is 13.9. The number of hydrogen-bond donors (Lipinski definition) is 0. The Hall–Kier alpha value is -1.53. The Labute approximate surface area is 118 Å². The van der Waals surface area contributed by atoms with Gasteiger partial charge in [-0.1, -0.05) is 29.7 Å². The summed E-state index contributed by atoms with van der Waals surface area (Å²) in [4.78, 5) is 22.1. The van der Waals surface area contributed by atoms with Crippen molar-refractivity contribution in [3.63, 3.8) is 0 Å². The molecule has 0 heterocycles. The monoisotopic (exact) mass is 272 g/mol. The van der Waals surface area contributed by atoms with Gasteiger partial charge in [0.05, 0.1) is 0 Å². The third-order valence-corrected chi connectivity index (χ3v) is 3.85. The van der Waals surface area contributed by atoms with Gasteiger partial charge in [0, 0.05) is 37.5 Å². The SMILES string of the molecule is CC(=O)SCCC#Cc1ccc2c(c1)CCC(=O)C2. The molecule has 2 rings (SSSR count). The fourth-order valence-corrected chi connectivity index (χ4v) is 2.59. The lowest BCUT2D eigenvalue weighted by Gasteiger charge is -2.14. The molecule has 0 atom stereocenters. The highest BCUT2D eigenvalue weighted by Crippen LogP contribution is 2.20. The molecule has 2 nitrogen and oxygen atoms in total. The lowest BCUT2D eigenvalue weighted by atomic mass is 9.90. The summed E-state index contributed by atoms with van der Waals surface area (Å²) in [7, 11) is 0. The van der Waals surface area contributed by atoms with E-state index in [0.717, 1.165) is 29.7 Å². The number of carbonyl (C=O) groups is 2. The minimum Gasteiger partial charge on any atom is -0.299 e. The second-order valence-corrected chi connectivity index (χ2v) is 5.86. The van der Waals surface area contributed by atoms with E-state index in [1.165, 1.54) is 17.3 Å². The second-order valence-electron chi connectivity index (χ2n) is 4.59. The molecule has 0 aliphatic heterocycles. The van der Waals surface area contributed by atoms with E-state index >= 15 is 0 Å². The van der Waals surface area contributed by atoms with Gasteiger partial charge in [0.1, 0.15) is 5.78 Å². The van der Waals surface area contributed by atoms with Gasteiger partial charge in [-0.2, -0.15) is 0 Å². The second kappa shape index (κ2) is 6.58. The largest absolute Gasteiger partial charge is 0.299 e. The van der Waals surface area contributed by atoms with Crippen LogP contribution < -0.4 is 0 Å². The highest BCUT2D eigenvalue weighted by Gasteiger charge is 2.14. The van der Waals surface area contributed by atoms with E-state index in [4.69, 9.17) is 0 Å². The van der Waals surface area contributed by atoms with Crippen molar-refractivity contribution in [2.75, 3.05) is 5.75 Å². The van der Waals surface area contributed by atoms with Crippen LogP contribution in [0.15, 0.2) is 18.2 Å². The van der Waals surface area contributed by atoms with Gasteiger partial charge in [0.2, 0.25) is 0 Å². The Morgan fingerprint density at radius 2 is 2.16 bits per heavy atom. The van der Waals surface area contributed by atoms with E-state index in [1.807, 2.05) is 12.1 Å². The van der Waals surface area contributed by atoms with E-state index in [2.05, 4.69) is 17.9 Å². The predicted octanol–water partition coefficient (Wildman–Crippen LogP) is 2.77. The summed E-state index contributed by atoms with van der Waals surface area (Å²) in [5.74, 6) is 7.28. The zero-order valence-corrected chi connectivity index (χ0v) is 11.8. The summed E-state index contributed by atoms with van der Waals surface area (Å²) in [6.45, 7) is 1.57. The van der Waals surface area contributed by atoms with Gasteiger partial charge in [-0.15, -0.1) is 0 Å². The number of carbonyl (C=O) groups excluding carboxylic acids is 2. The Balaban J connectivity index is 1.97. The highest BCUT2D eigenvalue weighted by molar-refractivity contribution is 8.13. The summed E-state index contributed by atoms with van der Waals surface area (Å²) >= 11 is 1.31. The molecule has 0 saturated heterocycles. The molecule has 1 aliphatic rings. The molecule has 0 fully saturated rings. The molecule has 1 aromatic carbocycles. The molecule has 0 unspecified atom stereocenters. The van der Waals surface area contributed by atoms with Crippen LogP contribution in [0, 0.1) is 11.8 Å². The molecule has 0 N–H and O–H groups in total. The van der Waals surface area contributed by atoms with Crippen LogP contribution in [0.25, 0.3) is 0 Å². The Bertz CT molecular complexity index is 564. The number of ketones is 1. The van der Waals surface area contributed by atoms with Gasteiger partial charge in [-0.05, 0) is 29.7 Å². The summed E-state index contributed by atoms with van der Waals surface area (Å²) in [6.07, 6.45) is 2.78. The standard InChI is InChI=1S/C16H16O2S/c1-12(17)19-9-3-2-4-13-5-6-15-11-16(18)8-7-14(15)10-13/h5-6,10H,3,7-9,11H2,1H3. The zero-order chi connectivity index (χ0) is 13.7. The maximum absolute atomic E-state index is 11.4. The maximum atomic E-state index is 11.4. The van der Waals surface area contributed by atoms with E-state index < -0.39 is 0 Å². The molecule has 3 heteroatoms. The number of rotatable bonds is 2. The summed E-state index contributed by atoms with van der Waals surface area (Å²) in [5.41, 5.74) is 3.40. The van der Waals surface area contributed by atoms with Crippen LogP contribution in [0.3, 0.4) is 0 Å². The average Bonchev–Trinajstić information content (AvgIpc) is 2.38. The zero-order valence-electron chi connectivity index (χ0n) is 11.0. The molecule has 0 bridgehead atoms. The summed E-state index contributed by atoms with van der Waals surface area (Å²) in [6, 6.07) is 6.08. The van der Waals surface area contributed by atoms with E-state index in [1.54, 1.807) is 6.92 Å². The summed E-state index contributed by atoms with van der Waals surface area (Å²) < 4.78 is 0. The molecule has 0 spiro atoms. The highest BCUT2D eigenvalue weighted by atomic mass is 32.2. The quantitative estimate of drug-likeness (QED) is 0.613. The number of hydrogen-bond acceptors (Lipinski definition) is 3. The van der Waals surface area contributed by atoms with Gasteiger partial charge < -0.3 is 0 Å². The third kappa shape index (κ3) is 4.25. The van der Waals surface area contributed by atoms with E-state index in [9.17, 15) is 9.59 Å². The molecular formula is C16H16O2S. The molecule has 0 amide bonds. The van der Waals surface area contributed by atoms with E-state index in [0.29, 0.717) is 18.6 Å². The average molecular weight is 272 g/mol. The van der Waals surface area contributed by atoms with Gasteiger partial charge in [-0.25, -0.2) is 0 Å². The smallest absolute Gasteiger partial charge is 0.185 e. The Morgan fingerprint density at radius 1 is 1.32 bits per heavy atom. The van der Waals surface area contributed by atoms with Crippen molar-refractivity contribution >= 4 is 22.7 Å². The third-order valence-electron chi connectivity index (χ3n) is 3.03. The number of thioether (sulfide) groups is 1.